The van der Waals surface area contributed by atoms with Crippen LogP contribution in [-0.2, 0) is 0 Å². The number of carboxylic acids is 1. The number of carboxylic acid groups (broad SMARTS) is 1. The third-order valence-corrected chi connectivity index (χ3v) is 15.7. The van der Waals surface area contributed by atoms with Crippen LogP contribution in [0.3, 0.4) is 0 Å². The van der Waals surface area contributed by atoms with E-state index in [-0.39, 0.29) is 5.56 Å². The Morgan fingerprint density at radius 2 is 1.24 bits per heavy atom. The third-order valence-electron chi connectivity index (χ3n) is 6.70. The molecule has 0 atom stereocenters. The fraction of sp³-hybridized carbons (Fsp3) is 0.522. The number of rotatable bonds is 11. The second-order valence-corrected chi connectivity index (χ2v) is 17.2. The Bertz CT molecular complexity index is 826. The Labute approximate surface area is 177 Å². The van der Waals surface area contributed by atoms with Crippen LogP contribution in [0, 0.1) is 0 Å². The summed E-state index contributed by atoms with van der Waals surface area (Å²) in [5.74, 6) is 0.257. The quantitative estimate of drug-likeness (QED) is 0.378. The van der Waals surface area contributed by atoms with Gasteiger partial charge in [0.1, 0.15) is 17.1 Å². The van der Waals surface area contributed by atoms with Crippen molar-refractivity contribution in [3.05, 3.63) is 35.9 Å². The Morgan fingerprint density at radius 1 is 0.793 bits per heavy atom. The first-order valence-corrected chi connectivity index (χ1v) is 16.1. The largest absolute Gasteiger partial charge is 0.543 e. The number of aromatic carboxylic acids is 1. The molecule has 6 heteroatoms. The lowest BCUT2D eigenvalue weighted by molar-refractivity contribution is 0.0694. The van der Waals surface area contributed by atoms with Gasteiger partial charge in [0.05, 0.1) is 0 Å². The van der Waals surface area contributed by atoms with E-state index in [4.69, 9.17) is 8.85 Å². The van der Waals surface area contributed by atoms with Crippen molar-refractivity contribution in [1.29, 1.82) is 0 Å². The molecule has 0 heterocycles. The minimum absolute atomic E-state index is 0.220. The smallest absolute Gasteiger partial charge is 0.339 e. The van der Waals surface area contributed by atoms with Crippen LogP contribution in [0.25, 0.3) is 10.8 Å². The molecule has 0 saturated heterocycles. The predicted octanol–water partition coefficient (Wildman–Crippen LogP) is 7.31. The van der Waals surface area contributed by atoms with Gasteiger partial charge in [0, 0.05) is 10.8 Å². The van der Waals surface area contributed by atoms with Gasteiger partial charge in [0.2, 0.25) is 0 Å². The van der Waals surface area contributed by atoms with Gasteiger partial charge < -0.3 is 14.0 Å². The SMILES string of the molecule is CC[Si](CC)(CC)Oc1cc(C(=O)O)c(O[Si](CC)(CC)CC)c2ccccc12. The van der Waals surface area contributed by atoms with Crippen molar-refractivity contribution in [2.75, 3.05) is 0 Å². The first-order valence-electron chi connectivity index (χ1n) is 11.0. The normalized spacial score (nSPS) is 12.2. The molecule has 0 spiro atoms. The molecule has 160 valence electrons. The molecule has 0 fully saturated rings. The Balaban J connectivity index is 2.75. The summed E-state index contributed by atoms with van der Waals surface area (Å²) in [6.45, 7) is 13.0. The van der Waals surface area contributed by atoms with E-state index in [1.807, 2.05) is 24.3 Å². The van der Waals surface area contributed by atoms with E-state index in [2.05, 4.69) is 41.5 Å². The van der Waals surface area contributed by atoms with Crippen LogP contribution >= 0.6 is 0 Å². The van der Waals surface area contributed by atoms with Gasteiger partial charge in [-0.25, -0.2) is 4.79 Å². The molecule has 4 nitrogen and oxygen atoms in total. The zero-order chi connectivity index (χ0) is 21.7. The van der Waals surface area contributed by atoms with Crippen molar-refractivity contribution in [3.8, 4) is 11.5 Å². The average Bonchev–Trinajstić information content (AvgIpc) is 2.76. The highest BCUT2D eigenvalue weighted by Crippen LogP contribution is 2.41. The van der Waals surface area contributed by atoms with Gasteiger partial charge in [-0.1, -0.05) is 65.8 Å². The molecule has 2 rings (SSSR count). The third kappa shape index (κ3) is 4.69. The van der Waals surface area contributed by atoms with E-state index in [0.29, 0.717) is 11.5 Å². The number of hydrogen-bond donors (Lipinski definition) is 1. The van der Waals surface area contributed by atoms with Crippen LogP contribution in [0.15, 0.2) is 30.3 Å². The molecular formula is C23H36O4Si2. The summed E-state index contributed by atoms with van der Waals surface area (Å²) in [5.41, 5.74) is 0.220. The maximum Gasteiger partial charge on any atom is 0.339 e. The molecule has 0 bridgehead atoms. The van der Waals surface area contributed by atoms with Gasteiger partial charge in [0.15, 0.2) is 0 Å². The average molecular weight is 433 g/mol. The van der Waals surface area contributed by atoms with Crippen LogP contribution < -0.4 is 8.85 Å². The highest BCUT2D eigenvalue weighted by Gasteiger charge is 2.35. The van der Waals surface area contributed by atoms with Crippen LogP contribution in [-0.4, -0.2) is 27.7 Å². The van der Waals surface area contributed by atoms with Gasteiger partial charge in [-0.15, -0.1) is 0 Å². The van der Waals surface area contributed by atoms with Crippen LogP contribution in [0.2, 0.25) is 36.3 Å². The molecule has 0 radical (unpaired) electrons. The molecule has 0 unspecified atom stereocenters. The van der Waals surface area contributed by atoms with Crippen LogP contribution in [0.5, 0.6) is 11.5 Å². The zero-order valence-electron chi connectivity index (χ0n) is 18.8. The molecule has 0 aliphatic heterocycles. The Hall–Kier alpha value is -1.80. The van der Waals surface area contributed by atoms with Crippen LogP contribution in [0.1, 0.15) is 51.9 Å². The summed E-state index contributed by atoms with van der Waals surface area (Å²) in [6, 6.07) is 15.5. The Kier molecular flexibility index (Phi) is 7.94. The highest BCUT2D eigenvalue weighted by molar-refractivity contribution is 6.75. The van der Waals surface area contributed by atoms with Crippen molar-refractivity contribution in [1.82, 2.24) is 0 Å². The van der Waals surface area contributed by atoms with E-state index >= 15 is 0 Å². The van der Waals surface area contributed by atoms with E-state index in [1.165, 1.54) is 0 Å². The summed E-state index contributed by atoms with van der Waals surface area (Å²) >= 11 is 0. The predicted molar refractivity (Wildman–Crippen MR) is 127 cm³/mol. The number of hydrogen-bond acceptors (Lipinski definition) is 3. The van der Waals surface area contributed by atoms with Crippen molar-refractivity contribution < 1.29 is 18.8 Å². The topological polar surface area (TPSA) is 55.8 Å². The number of carbonyl (C=O) groups is 1. The lowest BCUT2D eigenvalue weighted by Gasteiger charge is -2.32. The molecule has 0 saturated carbocycles. The fourth-order valence-electron chi connectivity index (χ4n) is 4.05. The first kappa shape index (κ1) is 23.5. The minimum Gasteiger partial charge on any atom is -0.543 e. The maximum atomic E-state index is 12.2. The van der Waals surface area contributed by atoms with Gasteiger partial charge >= 0.3 is 5.97 Å². The second-order valence-electron chi connectivity index (χ2n) is 7.79. The van der Waals surface area contributed by atoms with E-state index in [1.54, 1.807) is 6.07 Å². The zero-order valence-corrected chi connectivity index (χ0v) is 20.8. The summed E-state index contributed by atoms with van der Waals surface area (Å²) in [7, 11) is -3.98. The van der Waals surface area contributed by atoms with Gasteiger partial charge in [0.25, 0.3) is 16.6 Å². The second kappa shape index (κ2) is 9.80. The molecular weight excluding hydrogens is 396 g/mol. The van der Waals surface area contributed by atoms with Crippen molar-refractivity contribution in [2.45, 2.75) is 77.8 Å². The van der Waals surface area contributed by atoms with Gasteiger partial charge in [-0.05, 0) is 42.3 Å². The lowest BCUT2D eigenvalue weighted by Crippen LogP contribution is -2.40. The Morgan fingerprint density at radius 3 is 1.69 bits per heavy atom. The summed E-state index contributed by atoms with van der Waals surface area (Å²) in [5, 5.41) is 11.8. The van der Waals surface area contributed by atoms with E-state index < -0.39 is 22.6 Å². The monoisotopic (exact) mass is 432 g/mol. The molecule has 2 aromatic carbocycles. The van der Waals surface area contributed by atoms with Gasteiger partial charge in [-0.3, -0.25) is 0 Å². The molecule has 1 N–H and O–H groups in total. The van der Waals surface area contributed by atoms with Crippen molar-refractivity contribution in [2.24, 2.45) is 0 Å². The lowest BCUT2D eigenvalue weighted by atomic mass is 10.0. The summed E-state index contributed by atoms with van der Waals surface area (Å²) < 4.78 is 13.3. The standard InChI is InChI=1S/C23H36O4Si2/c1-7-28(8-2,9-3)26-21-17-20(23(24)25)22(19-16-14-13-15-18(19)21)27-29(10-4,11-5)12-6/h13-17H,7-12H2,1-6H3,(H,24,25). The summed E-state index contributed by atoms with van der Waals surface area (Å²) in [4.78, 5) is 12.2. The molecule has 0 amide bonds. The molecule has 0 aliphatic carbocycles. The summed E-state index contributed by atoms with van der Waals surface area (Å²) in [6.07, 6.45) is 0. The number of fused-ring (bicyclic) bond motifs is 1. The van der Waals surface area contributed by atoms with Gasteiger partial charge in [-0.2, -0.15) is 0 Å². The molecule has 0 aromatic heterocycles. The molecule has 29 heavy (non-hydrogen) atoms. The highest BCUT2D eigenvalue weighted by atomic mass is 28.4. The van der Waals surface area contributed by atoms with E-state index in [0.717, 1.165) is 47.0 Å². The molecule has 2 aromatic rings. The number of benzene rings is 2. The van der Waals surface area contributed by atoms with Crippen molar-refractivity contribution in [3.63, 3.8) is 0 Å². The first-order chi connectivity index (χ1) is 13.8. The fourth-order valence-corrected chi connectivity index (χ4v) is 9.21. The van der Waals surface area contributed by atoms with Crippen molar-refractivity contribution >= 4 is 33.4 Å². The van der Waals surface area contributed by atoms with Crippen LogP contribution in [0.4, 0.5) is 0 Å². The molecule has 0 aliphatic rings. The van der Waals surface area contributed by atoms with E-state index in [9.17, 15) is 9.90 Å². The minimum atomic E-state index is -2.03. The maximum absolute atomic E-state index is 12.2.